The number of hydrogen-bond donors (Lipinski definition) is 2. The minimum Gasteiger partial charge on any atom is -0.342 e. The summed E-state index contributed by atoms with van der Waals surface area (Å²) in [6.45, 7) is 3.12. The van der Waals surface area contributed by atoms with Crippen molar-refractivity contribution in [3.63, 3.8) is 0 Å². The van der Waals surface area contributed by atoms with Crippen LogP contribution in [0.2, 0.25) is 0 Å². The van der Waals surface area contributed by atoms with Crippen LogP contribution in [0.1, 0.15) is 25.1 Å². The number of pyridine rings is 1. The first-order valence-electron chi connectivity index (χ1n) is 5.95. The van der Waals surface area contributed by atoms with E-state index in [1.807, 2.05) is 25.4 Å². The Morgan fingerprint density at radius 3 is 2.76 bits per heavy atom. The highest BCUT2D eigenvalue weighted by Gasteiger charge is 2.12. The summed E-state index contributed by atoms with van der Waals surface area (Å²) in [7, 11) is 1.97. The molecule has 0 aliphatic carbocycles. The molecule has 0 saturated heterocycles. The van der Waals surface area contributed by atoms with E-state index in [2.05, 4.69) is 27.2 Å². The van der Waals surface area contributed by atoms with E-state index in [1.54, 1.807) is 12.4 Å². The molecule has 2 heterocycles. The molecule has 2 aromatic heterocycles. The summed E-state index contributed by atoms with van der Waals surface area (Å²) < 4.78 is 0. The van der Waals surface area contributed by atoms with E-state index < -0.39 is 0 Å². The molecule has 1 unspecified atom stereocenters. The lowest BCUT2D eigenvalue weighted by Gasteiger charge is -2.10. The Labute approximate surface area is 102 Å². The van der Waals surface area contributed by atoms with Crippen molar-refractivity contribution in [1.82, 2.24) is 20.3 Å². The van der Waals surface area contributed by atoms with E-state index >= 15 is 0 Å². The maximum atomic E-state index is 4.47. The standard InChI is InChI=1S/C13H18N4/c1-3-10(8-14-2)13-16-9-12(17-13)11-4-6-15-7-5-11/h4-7,9-10,14H,3,8H2,1-2H3,(H,16,17). The molecule has 1 atom stereocenters. The first-order chi connectivity index (χ1) is 8.35. The van der Waals surface area contributed by atoms with Crippen molar-refractivity contribution < 1.29 is 0 Å². The summed E-state index contributed by atoms with van der Waals surface area (Å²) in [6, 6.07) is 3.96. The van der Waals surface area contributed by atoms with Crippen LogP contribution in [0.15, 0.2) is 30.7 Å². The Morgan fingerprint density at radius 2 is 2.12 bits per heavy atom. The molecule has 4 heteroatoms. The van der Waals surface area contributed by atoms with Gasteiger partial charge in [0.1, 0.15) is 5.82 Å². The number of aromatic amines is 1. The van der Waals surface area contributed by atoms with Gasteiger partial charge in [-0.05, 0) is 25.6 Å². The molecule has 2 aromatic rings. The highest BCUT2D eigenvalue weighted by molar-refractivity contribution is 5.57. The van der Waals surface area contributed by atoms with Gasteiger partial charge < -0.3 is 10.3 Å². The Kier molecular flexibility index (Phi) is 3.88. The zero-order valence-electron chi connectivity index (χ0n) is 10.3. The fourth-order valence-electron chi connectivity index (χ4n) is 1.90. The lowest BCUT2D eigenvalue weighted by atomic mass is 10.1. The smallest absolute Gasteiger partial charge is 0.110 e. The van der Waals surface area contributed by atoms with E-state index in [-0.39, 0.29) is 0 Å². The zero-order chi connectivity index (χ0) is 12.1. The molecule has 2 N–H and O–H groups in total. The Balaban J connectivity index is 2.21. The third kappa shape index (κ3) is 2.71. The second-order valence-corrected chi connectivity index (χ2v) is 4.08. The minimum atomic E-state index is 0.440. The van der Waals surface area contributed by atoms with Crippen LogP contribution in [0.5, 0.6) is 0 Å². The molecular formula is C13H18N4. The van der Waals surface area contributed by atoms with Gasteiger partial charge in [0.05, 0.1) is 11.9 Å². The molecule has 0 amide bonds. The van der Waals surface area contributed by atoms with Crippen molar-refractivity contribution in [2.45, 2.75) is 19.3 Å². The summed E-state index contributed by atoms with van der Waals surface area (Å²) in [5, 5.41) is 3.20. The predicted molar refractivity (Wildman–Crippen MR) is 68.8 cm³/mol. The fraction of sp³-hybridized carbons (Fsp3) is 0.385. The second kappa shape index (κ2) is 5.59. The van der Waals surface area contributed by atoms with E-state index in [0.29, 0.717) is 5.92 Å². The van der Waals surface area contributed by atoms with Gasteiger partial charge in [0, 0.05) is 30.4 Å². The van der Waals surface area contributed by atoms with E-state index in [9.17, 15) is 0 Å². The third-order valence-corrected chi connectivity index (χ3v) is 2.92. The molecule has 0 radical (unpaired) electrons. The average molecular weight is 230 g/mol. The molecule has 0 aromatic carbocycles. The van der Waals surface area contributed by atoms with Gasteiger partial charge in [-0.1, -0.05) is 6.92 Å². The summed E-state index contributed by atoms with van der Waals surface area (Å²) in [4.78, 5) is 11.9. The molecule has 2 rings (SSSR count). The minimum absolute atomic E-state index is 0.440. The largest absolute Gasteiger partial charge is 0.342 e. The first kappa shape index (κ1) is 11.8. The van der Waals surface area contributed by atoms with Gasteiger partial charge in [-0.3, -0.25) is 4.98 Å². The average Bonchev–Trinajstić information content (AvgIpc) is 2.86. The normalized spacial score (nSPS) is 12.6. The number of aromatic nitrogens is 3. The number of likely N-dealkylation sites (N-methyl/N-ethyl adjacent to an activating group) is 1. The molecule has 17 heavy (non-hydrogen) atoms. The highest BCUT2D eigenvalue weighted by Crippen LogP contribution is 2.20. The molecule has 0 spiro atoms. The fourth-order valence-corrected chi connectivity index (χ4v) is 1.90. The van der Waals surface area contributed by atoms with Crippen molar-refractivity contribution in [3.05, 3.63) is 36.5 Å². The zero-order valence-corrected chi connectivity index (χ0v) is 10.3. The van der Waals surface area contributed by atoms with Gasteiger partial charge in [0.2, 0.25) is 0 Å². The number of H-pyrrole nitrogens is 1. The van der Waals surface area contributed by atoms with Gasteiger partial charge in [0.25, 0.3) is 0 Å². The van der Waals surface area contributed by atoms with Crippen LogP contribution >= 0.6 is 0 Å². The first-order valence-corrected chi connectivity index (χ1v) is 5.95. The Hall–Kier alpha value is -1.68. The van der Waals surface area contributed by atoms with Gasteiger partial charge in [-0.15, -0.1) is 0 Å². The maximum absolute atomic E-state index is 4.47. The summed E-state index contributed by atoms with van der Waals surface area (Å²) >= 11 is 0. The van der Waals surface area contributed by atoms with Gasteiger partial charge >= 0.3 is 0 Å². The van der Waals surface area contributed by atoms with Gasteiger partial charge in [-0.2, -0.15) is 0 Å². The van der Waals surface area contributed by atoms with Crippen molar-refractivity contribution in [2.24, 2.45) is 0 Å². The summed E-state index contributed by atoms with van der Waals surface area (Å²) in [5.41, 5.74) is 2.18. The lowest BCUT2D eigenvalue weighted by molar-refractivity contribution is 0.586. The number of nitrogens with one attached hydrogen (secondary N) is 2. The Morgan fingerprint density at radius 1 is 1.35 bits per heavy atom. The lowest BCUT2D eigenvalue weighted by Crippen LogP contribution is -2.17. The van der Waals surface area contributed by atoms with Crippen LogP contribution in [-0.4, -0.2) is 28.5 Å². The number of rotatable bonds is 5. The SMILES string of the molecule is CCC(CNC)c1ncc(-c2ccncc2)[nH]1. The van der Waals surface area contributed by atoms with Crippen molar-refractivity contribution in [1.29, 1.82) is 0 Å². The molecule has 0 fully saturated rings. The van der Waals surface area contributed by atoms with Gasteiger partial charge in [-0.25, -0.2) is 4.98 Å². The van der Waals surface area contributed by atoms with Crippen LogP contribution in [0, 0.1) is 0 Å². The van der Waals surface area contributed by atoms with Crippen LogP contribution in [0.3, 0.4) is 0 Å². The molecule has 4 nitrogen and oxygen atoms in total. The van der Waals surface area contributed by atoms with Crippen LogP contribution < -0.4 is 5.32 Å². The molecule has 0 aliphatic heterocycles. The topological polar surface area (TPSA) is 53.6 Å². The summed E-state index contributed by atoms with van der Waals surface area (Å²) in [6.07, 6.45) is 6.55. The van der Waals surface area contributed by atoms with Crippen LogP contribution in [0.25, 0.3) is 11.3 Å². The second-order valence-electron chi connectivity index (χ2n) is 4.08. The Bertz CT molecular complexity index is 449. The van der Waals surface area contributed by atoms with Crippen molar-refractivity contribution >= 4 is 0 Å². The van der Waals surface area contributed by atoms with Crippen molar-refractivity contribution in [2.75, 3.05) is 13.6 Å². The number of imidazole rings is 1. The molecule has 0 aliphatic rings. The van der Waals surface area contributed by atoms with Crippen LogP contribution in [-0.2, 0) is 0 Å². The van der Waals surface area contributed by atoms with Crippen molar-refractivity contribution in [3.8, 4) is 11.3 Å². The molecular weight excluding hydrogens is 212 g/mol. The number of hydrogen-bond acceptors (Lipinski definition) is 3. The summed E-state index contributed by atoms with van der Waals surface area (Å²) in [5.74, 6) is 1.49. The quantitative estimate of drug-likeness (QED) is 0.827. The monoisotopic (exact) mass is 230 g/mol. The highest BCUT2D eigenvalue weighted by atomic mass is 14.9. The molecule has 90 valence electrons. The predicted octanol–water partition coefficient (Wildman–Crippen LogP) is 2.18. The third-order valence-electron chi connectivity index (χ3n) is 2.92. The van der Waals surface area contributed by atoms with Crippen LogP contribution in [0.4, 0.5) is 0 Å². The molecule has 0 bridgehead atoms. The molecule has 0 saturated carbocycles. The number of nitrogens with zero attached hydrogens (tertiary/aromatic N) is 2. The maximum Gasteiger partial charge on any atom is 0.110 e. The van der Waals surface area contributed by atoms with Gasteiger partial charge in [0.15, 0.2) is 0 Å². The van der Waals surface area contributed by atoms with E-state index in [4.69, 9.17) is 0 Å². The van der Waals surface area contributed by atoms with E-state index in [1.165, 1.54) is 0 Å². The van der Waals surface area contributed by atoms with E-state index in [0.717, 1.165) is 30.0 Å².